The molecular formula is C19H22N3O4S+. The Kier molecular flexibility index (Phi) is 4.86. The summed E-state index contributed by atoms with van der Waals surface area (Å²) in [7, 11) is -1.92. The van der Waals surface area contributed by atoms with Gasteiger partial charge in [0.2, 0.25) is 10.0 Å². The van der Waals surface area contributed by atoms with Gasteiger partial charge in [-0.25, -0.2) is 13.4 Å². The number of para-hydroxylation sites is 2. The second-order valence-corrected chi connectivity index (χ2v) is 8.52. The molecule has 0 spiro atoms. The van der Waals surface area contributed by atoms with E-state index in [0.717, 1.165) is 11.1 Å². The van der Waals surface area contributed by atoms with Crippen molar-refractivity contribution in [2.75, 3.05) is 33.3 Å². The van der Waals surface area contributed by atoms with E-state index in [1.165, 1.54) is 4.90 Å². The molecule has 27 heavy (non-hydrogen) atoms. The van der Waals surface area contributed by atoms with Crippen molar-refractivity contribution in [2.45, 2.75) is 11.4 Å². The molecule has 0 atom stereocenters. The number of nitrogens with one attached hydrogen (secondary N) is 1. The molecule has 0 unspecified atom stereocenters. The zero-order chi connectivity index (χ0) is 18.9. The van der Waals surface area contributed by atoms with Gasteiger partial charge in [0.25, 0.3) is 5.89 Å². The van der Waals surface area contributed by atoms with Crippen LogP contribution in [0.3, 0.4) is 0 Å². The summed E-state index contributed by atoms with van der Waals surface area (Å²) in [6.07, 6.45) is 0. The van der Waals surface area contributed by atoms with Crippen molar-refractivity contribution in [1.29, 1.82) is 0 Å². The van der Waals surface area contributed by atoms with Gasteiger partial charge in [-0.05, 0) is 36.4 Å². The number of oxazole rings is 1. The number of sulfonamides is 1. The van der Waals surface area contributed by atoms with Crippen LogP contribution in [0.5, 0.6) is 5.75 Å². The Bertz CT molecular complexity index is 990. The van der Waals surface area contributed by atoms with Crippen LogP contribution >= 0.6 is 0 Å². The van der Waals surface area contributed by atoms with E-state index in [1.807, 2.05) is 24.3 Å². The number of aromatic nitrogens is 1. The lowest BCUT2D eigenvalue weighted by atomic mass is 10.3. The van der Waals surface area contributed by atoms with Crippen LogP contribution in [0.2, 0.25) is 0 Å². The molecule has 0 radical (unpaired) electrons. The van der Waals surface area contributed by atoms with Crippen molar-refractivity contribution >= 4 is 21.1 Å². The first-order valence-corrected chi connectivity index (χ1v) is 10.3. The van der Waals surface area contributed by atoms with Gasteiger partial charge in [0, 0.05) is 0 Å². The van der Waals surface area contributed by atoms with Crippen molar-refractivity contribution < 1.29 is 22.5 Å². The van der Waals surface area contributed by atoms with Gasteiger partial charge in [-0.3, -0.25) is 0 Å². The molecular weight excluding hydrogens is 366 g/mol. The number of quaternary nitrogens is 1. The van der Waals surface area contributed by atoms with E-state index in [4.69, 9.17) is 9.15 Å². The van der Waals surface area contributed by atoms with Crippen LogP contribution in [-0.2, 0) is 16.6 Å². The SMILES string of the molecule is COc1ccc(S(=O)(=O)N2CC[NH+](Cc3nc4ccccc4o3)CC2)cc1. The largest absolute Gasteiger partial charge is 0.497 e. The third kappa shape index (κ3) is 3.69. The molecule has 142 valence electrons. The average Bonchev–Trinajstić information content (AvgIpc) is 3.10. The molecule has 1 aromatic heterocycles. The molecule has 0 saturated carbocycles. The number of hydrogen-bond donors (Lipinski definition) is 1. The lowest BCUT2D eigenvalue weighted by Crippen LogP contribution is -3.13. The fourth-order valence-electron chi connectivity index (χ4n) is 3.33. The van der Waals surface area contributed by atoms with Gasteiger partial charge < -0.3 is 14.1 Å². The molecule has 3 aromatic rings. The number of hydrogen-bond acceptors (Lipinski definition) is 5. The van der Waals surface area contributed by atoms with Crippen LogP contribution < -0.4 is 9.64 Å². The lowest BCUT2D eigenvalue weighted by molar-refractivity contribution is -0.918. The van der Waals surface area contributed by atoms with E-state index < -0.39 is 10.0 Å². The first-order valence-electron chi connectivity index (χ1n) is 8.88. The summed E-state index contributed by atoms with van der Waals surface area (Å²) >= 11 is 0. The van der Waals surface area contributed by atoms with Gasteiger partial charge in [0.05, 0.1) is 38.2 Å². The van der Waals surface area contributed by atoms with E-state index in [2.05, 4.69) is 4.98 Å². The molecule has 0 amide bonds. The van der Waals surface area contributed by atoms with Crippen LogP contribution in [0.4, 0.5) is 0 Å². The van der Waals surface area contributed by atoms with Gasteiger partial charge in [0.1, 0.15) is 11.3 Å². The van der Waals surface area contributed by atoms with Crippen molar-refractivity contribution in [3.63, 3.8) is 0 Å². The highest BCUT2D eigenvalue weighted by molar-refractivity contribution is 7.89. The minimum Gasteiger partial charge on any atom is -0.497 e. The lowest BCUT2D eigenvalue weighted by Gasteiger charge is -2.30. The van der Waals surface area contributed by atoms with E-state index in [9.17, 15) is 8.42 Å². The van der Waals surface area contributed by atoms with Crippen molar-refractivity contribution in [1.82, 2.24) is 9.29 Å². The van der Waals surface area contributed by atoms with Gasteiger partial charge in [-0.1, -0.05) is 12.1 Å². The molecule has 2 aromatic carbocycles. The molecule has 2 heterocycles. The van der Waals surface area contributed by atoms with Crippen LogP contribution in [0.25, 0.3) is 11.1 Å². The summed E-state index contributed by atoms with van der Waals surface area (Å²) in [5.41, 5.74) is 1.64. The average molecular weight is 388 g/mol. The van der Waals surface area contributed by atoms with E-state index in [1.54, 1.807) is 35.7 Å². The summed E-state index contributed by atoms with van der Waals surface area (Å²) in [5, 5.41) is 0. The molecule has 1 N–H and O–H groups in total. The number of benzene rings is 2. The third-order valence-corrected chi connectivity index (χ3v) is 6.78. The van der Waals surface area contributed by atoms with Crippen LogP contribution in [0.1, 0.15) is 5.89 Å². The highest BCUT2D eigenvalue weighted by Gasteiger charge is 2.31. The number of piperazine rings is 1. The van der Waals surface area contributed by atoms with Gasteiger partial charge >= 0.3 is 0 Å². The fourth-order valence-corrected chi connectivity index (χ4v) is 4.77. The first kappa shape index (κ1) is 18.0. The van der Waals surface area contributed by atoms with Gasteiger partial charge in [-0.2, -0.15) is 4.31 Å². The molecule has 8 heteroatoms. The zero-order valence-electron chi connectivity index (χ0n) is 15.1. The first-order chi connectivity index (χ1) is 13.1. The fraction of sp³-hybridized carbons (Fsp3) is 0.316. The molecule has 0 aliphatic carbocycles. The quantitative estimate of drug-likeness (QED) is 0.704. The van der Waals surface area contributed by atoms with Crippen LogP contribution in [0.15, 0.2) is 57.8 Å². The zero-order valence-corrected chi connectivity index (χ0v) is 15.9. The Morgan fingerprint density at radius 3 is 2.48 bits per heavy atom. The second-order valence-electron chi connectivity index (χ2n) is 6.58. The Hall–Kier alpha value is -2.42. The molecule has 0 bridgehead atoms. The third-order valence-electron chi connectivity index (χ3n) is 4.87. The Morgan fingerprint density at radius 2 is 1.81 bits per heavy atom. The van der Waals surface area contributed by atoms with Crippen molar-refractivity contribution in [2.24, 2.45) is 0 Å². The predicted molar refractivity (Wildman–Crippen MR) is 100 cm³/mol. The molecule has 4 rings (SSSR count). The van der Waals surface area contributed by atoms with Crippen LogP contribution in [-0.4, -0.2) is 51.0 Å². The number of methoxy groups -OCH3 is 1. The highest BCUT2D eigenvalue weighted by atomic mass is 32.2. The van der Waals surface area contributed by atoms with Crippen molar-refractivity contribution in [3.05, 3.63) is 54.4 Å². The highest BCUT2D eigenvalue weighted by Crippen LogP contribution is 2.19. The Balaban J connectivity index is 1.40. The van der Waals surface area contributed by atoms with Gasteiger partial charge in [0.15, 0.2) is 12.1 Å². The maximum atomic E-state index is 12.8. The number of rotatable bonds is 5. The van der Waals surface area contributed by atoms with Crippen LogP contribution in [0, 0.1) is 0 Å². The normalized spacial score (nSPS) is 16.6. The Labute approximate surface area is 158 Å². The summed E-state index contributed by atoms with van der Waals surface area (Å²) in [5.74, 6) is 1.33. The minimum atomic E-state index is -3.48. The van der Waals surface area contributed by atoms with E-state index in [-0.39, 0.29) is 0 Å². The molecule has 1 fully saturated rings. The predicted octanol–water partition coefficient (Wildman–Crippen LogP) is 0.926. The maximum Gasteiger partial charge on any atom is 0.251 e. The topological polar surface area (TPSA) is 77.1 Å². The molecule has 7 nitrogen and oxygen atoms in total. The monoisotopic (exact) mass is 388 g/mol. The Morgan fingerprint density at radius 1 is 1.11 bits per heavy atom. The smallest absolute Gasteiger partial charge is 0.251 e. The molecule has 1 saturated heterocycles. The number of fused-ring (bicyclic) bond motifs is 1. The van der Waals surface area contributed by atoms with Crippen molar-refractivity contribution in [3.8, 4) is 5.75 Å². The maximum absolute atomic E-state index is 12.8. The van der Waals surface area contributed by atoms with Gasteiger partial charge in [-0.15, -0.1) is 0 Å². The van der Waals surface area contributed by atoms with E-state index >= 15 is 0 Å². The minimum absolute atomic E-state index is 0.297. The summed E-state index contributed by atoms with van der Waals surface area (Å²) in [6.45, 7) is 3.04. The summed E-state index contributed by atoms with van der Waals surface area (Å²) in [4.78, 5) is 6.07. The van der Waals surface area contributed by atoms with E-state index in [0.29, 0.717) is 49.3 Å². The standard InChI is InChI=1S/C19H21N3O4S/c1-25-15-6-8-16(9-7-15)27(23,24)22-12-10-21(11-13-22)14-19-20-17-4-2-3-5-18(17)26-19/h2-9H,10-14H2,1H3/p+1. The molecule has 1 aliphatic heterocycles. The number of nitrogens with zero attached hydrogens (tertiary/aromatic N) is 2. The second kappa shape index (κ2) is 7.30. The number of ether oxygens (including phenoxy) is 1. The molecule has 1 aliphatic rings. The summed E-state index contributed by atoms with van der Waals surface area (Å²) < 4.78 is 38.0. The summed E-state index contributed by atoms with van der Waals surface area (Å²) in [6, 6.07) is 14.2.